The SMILES string of the molecule is CC(C)(C)NCCCCOCCCO.CC(C)(C)NCCCCOCCN.CC(C)(C)NCCOCCCCN.CC(C)(C)NCCOCCN.CCC(=O)NCCCCCNC(C)(C)C.CCC(=O)NCCCOCCCNC(C)(C)C.CCC(=O)NCCOCCCCNC(C)(C)C.CCC(=O)NCCOCCNC(C)(C)C.CCCOCCOCCCNC(C)(C)C. The predicted molar refractivity (Wildman–Crippen MR) is 554 cm³/mol. The van der Waals surface area contributed by atoms with Crippen LogP contribution in [0.5, 0.6) is 0 Å². The second-order valence-corrected chi connectivity index (χ2v) is 41.3. The van der Waals surface area contributed by atoms with Crippen molar-refractivity contribution >= 4 is 23.6 Å². The van der Waals surface area contributed by atoms with E-state index in [0.29, 0.717) is 98.0 Å². The molecule has 0 heterocycles. The van der Waals surface area contributed by atoms with Gasteiger partial charge in [-0.15, -0.1) is 0 Å². The van der Waals surface area contributed by atoms with Crippen molar-refractivity contribution < 1.29 is 66.9 Å². The zero-order chi connectivity index (χ0) is 101. The quantitative estimate of drug-likeness (QED) is 0.0251. The maximum Gasteiger partial charge on any atom is 0.219 e. The van der Waals surface area contributed by atoms with Gasteiger partial charge in [0, 0.05) is 201 Å². The van der Waals surface area contributed by atoms with E-state index < -0.39 is 0 Å². The smallest absolute Gasteiger partial charge is 0.219 e. The molecule has 0 fully saturated rings. The molecule has 0 bridgehead atoms. The fraction of sp³-hybridized carbons (Fsp3) is 0.960. The number of rotatable bonds is 68. The van der Waals surface area contributed by atoms with Crippen molar-refractivity contribution in [2.45, 2.75) is 400 Å². The topological polar surface area (TPSA) is 406 Å². The van der Waals surface area contributed by atoms with Gasteiger partial charge < -0.3 is 134 Å². The Balaban J connectivity index is -0.000000181. The minimum Gasteiger partial charge on any atom is -0.396 e. The Morgan fingerprint density at radius 3 is 0.669 bits per heavy atom. The van der Waals surface area contributed by atoms with Crippen LogP contribution in [-0.4, -0.2) is 309 Å². The fourth-order valence-corrected chi connectivity index (χ4v) is 9.56. The van der Waals surface area contributed by atoms with Crippen molar-refractivity contribution in [1.82, 2.24) is 69.1 Å². The molecule has 130 heavy (non-hydrogen) atoms. The van der Waals surface area contributed by atoms with Crippen LogP contribution >= 0.6 is 0 Å². The predicted octanol–water partition coefficient (Wildman–Crippen LogP) is 12.8. The molecular weight excluding hydrogens is 1650 g/mol. The molecule has 0 spiro atoms. The third-order valence-corrected chi connectivity index (χ3v) is 16.5. The highest BCUT2D eigenvalue weighted by Gasteiger charge is 2.14. The van der Waals surface area contributed by atoms with E-state index in [9.17, 15) is 19.2 Å². The second kappa shape index (κ2) is 100. The zero-order valence-electron chi connectivity index (χ0n) is 91.4. The number of ether oxygens (including phenoxy) is 9. The van der Waals surface area contributed by atoms with Gasteiger partial charge in [0.2, 0.25) is 23.6 Å². The summed E-state index contributed by atoms with van der Waals surface area (Å²) in [6.45, 7) is 94.9. The van der Waals surface area contributed by atoms with Crippen molar-refractivity contribution in [2.24, 2.45) is 17.2 Å². The Morgan fingerprint density at radius 1 is 0.200 bits per heavy atom. The first-order chi connectivity index (χ1) is 60.6. The molecule has 4 amide bonds. The number of aliphatic hydroxyl groups excluding tert-OH is 1. The highest BCUT2D eigenvalue weighted by molar-refractivity contribution is 5.76. The van der Waals surface area contributed by atoms with Crippen LogP contribution in [0.25, 0.3) is 0 Å². The lowest BCUT2D eigenvalue weighted by Gasteiger charge is -2.20. The summed E-state index contributed by atoms with van der Waals surface area (Å²) in [6.07, 6.45) is 19.3. The van der Waals surface area contributed by atoms with Crippen LogP contribution in [0.3, 0.4) is 0 Å². The largest absolute Gasteiger partial charge is 0.396 e. The lowest BCUT2D eigenvalue weighted by Crippen LogP contribution is -2.38. The van der Waals surface area contributed by atoms with E-state index in [-0.39, 0.29) is 80.1 Å². The molecule has 0 rings (SSSR count). The van der Waals surface area contributed by atoms with E-state index in [1.165, 1.54) is 19.3 Å². The standard InChI is InChI=1S/2C13H28N2O2.C12H26N2O.C12H27NO2.C11H24N2O2.C11H25NO2.2C10H24N2O.C8H20N2O/c1-5-12(16)14-8-6-10-17-11-7-9-15-13(2,3)4;1-5-12(16)14-9-11-17-10-7-6-8-15-13(2,3)4;1-5-11(15)13-9-7-6-8-10-14-12(2,3)4;1-5-8-14-10-11-15-9-6-7-13-12(2,3)4;1-5-10(14)12-6-8-15-9-7-13-11(2,3)4;1-11(2,3)12-7-4-5-9-14-10-6-8-13;1-10(2,3)12-7-4-5-8-13-9-6-11;1-10(2,3)12-7-9-13-8-5-4-6-11;1-8(2,3)10-5-7-11-6-4-9/h2*15H,5-11H2,1-4H3,(H,14,16);14H,5-10H2,1-4H3,(H,13,15);13H,5-11H2,1-4H3;13H,5-9H2,1-4H3,(H,12,14);12-13H,4-10H2,1-3H3;2*12H,4-9,11H2,1-3H3;10H,4-7,9H2,1-3H3. The first-order valence-electron chi connectivity index (χ1n) is 50.3. The second-order valence-electron chi connectivity index (χ2n) is 41.3. The van der Waals surface area contributed by atoms with Crippen LogP contribution in [-0.2, 0) is 61.8 Å². The summed E-state index contributed by atoms with van der Waals surface area (Å²) >= 11 is 0. The summed E-state index contributed by atoms with van der Waals surface area (Å²) in [5, 5.41) is 50.3. The molecule has 0 aromatic carbocycles. The average Bonchev–Trinajstić information content (AvgIpc) is 1.02. The van der Waals surface area contributed by atoms with E-state index in [4.69, 9.17) is 64.9 Å². The molecule has 0 atom stereocenters. The number of nitrogens with two attached hydrogens (primary N) is 3. The third-order valence-electron chi connectivity index (χ3n) is 16.5. The minimum atomic E-state index is 0.0754. The normalized spacial score (nSPS) is 11.8. The van der Waals surface area contributed by atoms with Gasteiger partial charge in [-0.05, 0) is 329 Å². The summed E-state index contributed by atoms with van der Waals surface area (Å²) in [5.74, 6) is 0.427. The lowest BCUT2D eigenvalue weighted by molar-refractivity contribution is -0.121. The van der Waals surface area contributed by atoms with Gasteiger partial charge in [-0.3, -0.25) is 19.2 Å². The van der Waals surface area contributed by atoms with Gasteiger partial charge >= 0.3 is 0 Å². The van der Waals surface area contributed by atoms with Crippen molar-refractivity contribution in [2.75, 3.05) is 230 Å². The van der Waals surface area contributed by atoms with Gasteiger partial charge in [-0.25, -0.2) is 0 Å². The Hall–Kier alpha value is -3.00. The number of amides is 4. The molecule has 20 N–H and O–H groups in total. The molecule has 790 valence electrons. The summed E-state index contributed by atoms with van der Waals surface area (Å²) in [5.41, 5.74) is 17.7. The van der Waals surface area contributed by atoms with Gasteiger partial charge in [0.05, 0.1) is 59.5 Å². The minimum absolute atomic E-state index is 0.0754. The highest BCUT2D eigenvalue weighted by Crippen LogP contribution is 2.06. The first-order valence-corrected chi connectivity index (χ1v) is 50.3. The van der Waals surface area contributed by atoms with Crippen LogP contribution < -0.4 is 86.3 Å². The number of hydrogen-bond donors (Lipinski definition) is 17. The Kier molecular flexibility index (Phi) is 112. The Bertz CT molecular complexity index is 2170. The Labute approximate surface area is 803 Å². The maximum absolute atomic E-state index is 10.9. The lowest BCUT2D eigenvalue weighted by atomic mass is 10.1. The molecule has 0 unspecified atom stereocenters. The molecule has 30 heteroatoms. The highest BCUT2D eigenvalue weighted by atomic mass is 16.5. The van der Waals surface area contributed by atoms with Crippen LogP contribution in [0.1, 0.15) is 350 Å². The Morgan fingerprint density at radius 2 is 0.392 bits per heavy atom. The van der Waals surface area contributed by atoms with Crippen LogP contribution in [0, 0.1) is 0 Å². The number of hydrogen-bond acceptors (Lipinski definition) is 26. The van der Waals surface area contributed by atoms with Gasteiger partial charge in [0.1, 0.15) is 0 Å². The molecule has 0 aliphatic rings. The number of carbonyl (C=O) groups excluding carboxylic acids is 4. The number of nitrogens with one attached hydrogen (secondary N) is 13. The van der Waals surface area contributed by atoms with E-state index in [1.807, 2.05) is 27.7 Å². The summed E-state index contributed by atoms with van der Waals surface area (Å²) in [4.78, 5) is 43.6. The van der Waals surface area contributed by atoms with E-state index in [2.05, 4.69) is 263 Å². The third kappa shape index (κ3) is 178. The number of aliphatic hydroxyl groups is 1. The summed E-state index contributed by atoms with van der Waals surface area (Å²) in [7, 11) is 0. The zero-order valence-corrected chi connectivity index (χ0v) is 91.4. The van der Waals surface area contributed by atoms with Gasteiger partial charge in [0.15, 0.2) is 0 Å². The van der Waals surface area contributed by atoms with Crippen molar-refractivity contribution in [3.63, 3.8) is 0 Å². The van der Waals surface area contributed by atoms with Gasteiger partial charge in [-0.2, -0.15) is 0 Å². The van der Waals surface area contributed by atoms with Crippen LogP contribution in [0.4, 0.5) is 0 Å². The van der Waals surface area contributed by atoms with Crippen molar-refractivity contribution in [3.8, 4) is 0 Å². The summed E-state index contributed by atoms with van der Waals surface area (Å²) < 4.78 is 48.2. The number of carbonyl (C=O) groups is 4. The monoisotopic (exact) mass is 1880 g/mol. The van der Waals surface area contributed by atoms with E-state index in [0.717, 1.165) is 235 Å². The molecule has 0 saturated heterocycles. The summed E-state index contributed by atoms with van der Waals surface area (Å²) in [6, 6.07) is 0. The molecule has 0 aliphatic heterocycles. The molecule has 0 radical (unpaired) electrons. The maximum atomic E-state index is 10.9. The molecule has 0 saturated carbocycles. The van der Waals surface area contributed by atoms with Crippen molar-refractivity contribution in [1.29, 1.82) is 0 Å². The van der Waals surface area contributed by atoms with Gasteiger partial charge in [-0.1, -0.05) is 41.0 Å². The van der Waals surface area contributed by atoms with Gasteiger partial charge in [0.25, 0.3) is 0 Å². The molecule has 0 aromatic heterocycles. The van der Waals surface area contributed by atoms with Crippen molar-refractivity contribution in [3.05, 3.63) is 0 Å². The molecule has 0 aliphatic carbocycles. The fourth-order valence-electron chi connectivity index (χ4n) is 9.56. The number of unbranched alkanes of at least 4 members (excludes halogenated alkanes) is 6. The molecule has 30 nitrogen and oxygen atoms in total. The van der Waals surface area contributed by atoms with Crippen LogP contribution in [0.2, 0.25) is 0 Å². The first kappa shape index (κ1) is 145. The molecular formula is C100H226N16O14. The van der Waals surface area contributed by atoms with E-state index in [1.54, 1.807) is 0 Å². The average molecular weight is 1880 g/mol. The molecule has 0 aromatic rings. The van der Waals surface area contributed by atoms with E-state index >= 15 is 0 Å². The van der Waals surface area contributed by atoms with Crippen LogP contribution in [0.15, 0.2) is 0 Å².